The molecule has 1 fully saturated rings. The fourth-order valence-corrected chi connectivity index (χ4v) is 3.41. The lowest BCUT2D eigenvalue weighted by Crippen LogP contribution is -2.47. The van der Waals surface area contributed by atoms with E-state index in [-0.39, 0.29) is 30.1 Å². The highest BCUT2D eigenvalue weighted by molar-refractivity contribution is 5.95. The summed E-state index contributed by atoms with van der Waals surface area (Å²) in [6.07, 6.45) is 1.39. The van der Waals surface area contributed by atoms with Crippen LogP contribution in [0.15, 0.2) is 54.6 Å². The Morgan fingerprint density at radius 2 is 1.42 bits per heavy atom. The van der Waals surface area contributed by atoms with Gasteiger partial charge < -0.3 is 26.2 Å². The summed E-state index contributed by atoms with van der Waals surface area (Å²) >= 11 is 0. The van der Waals surface area contributed by atoms with Crippen LogP contribution in [-0.4, -0.2) is 48.0 Å². The fourth-order valence-electron chi connectivity index (χ4n) is 3.41. The second kappa shape index (κ2) is 10.5. The zero-order valence-corrected chi connectivity index (χ0v) is 17.9. The molecular formula is C23H29N5O3. The number of likely N-dealkylation sites (tertiary alicyclic amines) is 1. The van der Waals surface area contributed by atoms with E-state index in [4.69, 9.17) is 0 Å². The van der Waals surface area contributed by atoms with Crippen LogP contribution in [0.1, 0.15) is 37.0 Å². The molecule has 0 atom stereocenters. The minimum Gasteiger partial charge on any atom is -0.338 e. The smallest absolute Gasteiger partial charge is 0.319 e. The Morgan fingerprint density at radius 3 is 2.03 bits per heavy atom. The Bertz CT molecular complexity index is 891. The summed E-state index contributed by atoms with van der Waals surface area (Å²) in [5.74, 6) is -0.0506. The lowest BCUT2D eigenvalue weighted by molar-refractivity contribution is 0.0709. The molecule has 8 nitrogen and oxygen atoms in total. The number of nitrogens with one attached hydrogen (secondary N) is 4. The van der Waals surface area contributed by atoms with Crippen LogP contribution in [0.5, 0.6) is 0 Å². The molecule has 2 aromatic carbocycles. The predicted molar refractivity (Wildman–Crippen MR) is 121 cm³/mol. The zero-order chi connectivity index (χ0) is 22.2. The molecule has 0 spiro atoms. The number of rotatable bonds is 5. The van der Waals surface area contributed by atoms with Crippen molar-refractivity contribution >= 4 is 29.3 Å². The van der Waals surface area contributed by atoms with Gasteiger partial charge in [0.05, 0.1) is 0 Å². The molecular weight excluding hydrogens is 394 g/mol. The number of piperidine rings is 1. The van der Waals surface area contributed by atoms with Crippen LogP contribution in [0.25, 0.3) is 0 Å². The molecule has 1 saturated heterocycles. The van der Waals surface area contributed by atoms with Gasteiger partial charge in [0.15, 0.2) is 0 Å². The van der Waals surface area contributed by atoms with Crippen molar-refractivity contribution in [1.29, 1.82) is 0 Å². The minimum atomic E-state index is -0.278. The van der Waals surface area contributed by atoms with Crippen LogP contribution in [-0.2, 0) is 0 Å². The number of amides is 5. The largest absolute Gasteiger partial charge is 0.338 e. The molecule has 2 aromatic rings. The van der Waals surface area contributed by atoms with Crippen molar-refractivity contribution in [2.24, 2.45) is 0 Å². The summed E-state index contributed by atoms with van der Waals surface area (Å²) < 4.78 is 0. The number of benzene rings is 2. The third kappa shape index (κ3) is 6.74. The molecule has 1 aliphatic heterocycles. The van der Waals surface area contributed by atoms with Crippen LogP contribution in [0.2, 0.25) is 0 Å². The summed E-state index contributed by atoms with van der Waals surface area (Å²) in [4.78, 5) is 38.5. The van der Waals surface area contributed by atoms with Crippen LogP contribution in [0.4, 0.5) is 21.0 Å². The first-order valence-electron chi connectivity index (χ1n) is 10.5. The maximum absolute atomic E-state index is 12.8. The van der Waals surface area contributed by atoms with Gasteiger partial charge in [0.2, 0.25) is 0 Å². The minimum absolute atomic E-state index is 0.0267. The molecule has 0 unspecified atom stereocenters. The average Bonchev–Trinajstić information content (AvgIpc) is 2.74. The highest BCUT2D eigenvalue weighted by atomic mass is 16.2. The van der Waals surface area contributed by atoms with Crippen molar-refractivity contribution in [2.75, 3.05) is 23.7 Å². The Kier molecular flexibility index (Phi) is 7.48. The molecule has 0 aliphatic carbocycles. The summed E-state index contributed by atoms with van der Waals surface area (Å²) in [5.41, 5.74) is 1.94. The molecule has 3 rings (SSSR count). The number of hydrogen-bond acceptors (Lipinski definition) is 3. The van der Waals surface area contributed by atoms with E-state index < -0.39 is 0 Å². The first-order valence-corrected chi connectivity index (χ1v) is 10.5. The maximum atomic E-state index is 12.8. The zero-order valence-electron chi connectivity index (χ0n) is 17.9. The molecule has 0 aromatic heterocycles. The monoisotopic (exact) mass is 423 g/mol. The second-order valence-corrected chi connectivity index (χ2v) is 7.86. The lowest BCUT2D eigenvalue weighted by Gasteiger charge is -2.32. The van der Waals surface area contributed by atoms with Gasteiger partial charge in [0, 0.05) is 42.1 Å². The average molecular weight is 424 g/mol. The highest BCUT2D eigenvalue weighted by Gasteiger charge is 2.24. The van der Waals surface area contributed by atoms with E-state index >= 15 is 0 Å². The van der Waals surface area contributed by atoms with Crippen molar-refractivity contribution in [3.63, 3.8) is 0 Å². The quantitative estimate of drug-likeness (QED) is 0.590. The van der Waals surface area contributed by atoms with E-state index in [2.05, 4.69) is 21.3 Å². The third-order valence-corrected chi connectivity index (χ3v) is 4.96. The van der Waals surface area contributed by atoms with Crippen LogP contribution in [0.3, 0.4) is 0 Å². The summed E-state index contributed by atoms with van der Waals surface area (Å²) in [7, 11) is 0. The normalized spacial score (nSPS) is 14.1. The third-order valence-electron chi connectivity index (χ3n) is 4.96. The van der Waals surface area contributed by atoms with Gasteiger partial charge in [-0.1, -0.05) is 18.2 Å². The van der Waals surface area contributed by atoms with Gasteiger partial charge in [-0.05, 0) is 63.1 Å². The Labute approximate surface area is 182 Å². The number of carbonyl (C=O) groups is 3. The Hall–Kier alpha value is -3.55. The second-order valence-electron chi connectivity index (χ2n) is 7.86. The SMILES string of the molecule is CC(C)NC(=O)Nc1ccc(C(=O)N2CCC(NC(=O)Nc3ccccc3)CC2)cc1. The number of anilines is 2. The van der Waals surface area contributed by atoms with E-state index in [0.717, 1.165) is 5.69 Å². The molecule has 31 heavy (non-hydrogen) atoms. The van der Waals surface area contributed by atoms with Gasteiger partial charge in [0.1, 0.15) is 0 Å². The molecule has 164 valence electrons. The lowest BCUT2D eigenvalue weighted by atomic mass is 10.0. The van der Waals surface area contributed by atoms with Crippen molar-refractivity contribution < 1.29 is 14.4 Å². The maximum Gasteiger partial charge on any atom is 0.319 e. The van der Waals surface area contributed by atoms with Crippen molar-refractivity contribution in [1.82, 2.24) is 15.5 Å². The molecule has 4 N–H and O–H groups in total. The number of para-hydroxylation sites is 1. The molecule has 1 aliphatic rings. The van der Waals surface area contributed by atoms with E-state index in [9.17, 15) is 14.4 Å². The van der Waals surface area contributed by atoms with Crippen molar-refractivity contribution in [3.05, 3.63) is 60.2 Å². The van der Waals surface area contributed by atoms with Gasteiger partial charge >= 0.3 is 12.1 Å². The first-order chi connectivity index (χ1) is 14.9. The van der Waals surface area contributed by atoms with E-state index in [1.807, 2.05) is 44.2 Å². The van der Waals surface area contributed by atoms with Crippen LogP contribution < -0.4 is 21.3 Å². The molecule has 1 heterocycles. The van der Waals surface area contributed by atoms with Gasteiger partial charge in [-0.25, -0.2) is 9.59 Å². The Balaban J connectivity index is 1.45. The van der Waals surface area contributed by atoms with Gasteiger partial charge in [-0.3, -0.25) is 4.79 Å². The van der Waals surface area contributed by atoms with E-state index in [0.29, 0.717) is 37.2 Å². The molecule has 0 radical (unpaired) electrons. The first kappa shape index (κ1) is 22.1. The molecule has 0 bridgehead atoms. The molecule has 0 saturated carbocycles. The topological polar surface area (TPSA) is 103 Å². The highest BCUT2D eigenvalue weighted by Crippen LogP contribution is 2.16. The Morgan fingerprint density at radius 1 is 0.839 bits per heavy atom. The summed E-state index contributed by atoms with van der Waals surface area (Å²) in [6.45, 7) is 4.92. The van der Waals surface area contributed by atoms with Gasteiger partial charge in [0.25, 0.3) is 5.91 Å². The van der Waals surface area contributed by atoms with Crippen LogP contribution in [0, 0.1) is 0 Å². The van der Waals surface area contributed by atoms with Gasteiger partial charge in [-0.15, -0.1) is 0 Å². The summed E-state index contributed by atoms with van der Waals surface area (Å²) in [5, 5.41) is 11.3. The van der Waals surface area contributed by atoms with E-state index in [1.54, 1.807) is 29.2 Å². The number of nitrogens with zero attached hydrogens (tertiary/aromatic N) is 1. The number of carbonyl (C=O) groups excluding carboxylic acids is 3. The molecule has 5 amide bonds. The predicted octanol–water partition coefficient (Wildman–Crippen LogP) is 3.64. The standard InChI is InChI=1S/C23H29N5O3/c1-16(2)24-22(30)26-19-10-8-17(9-11-19)21(29)28-14-12-20(13-15-28)27-23(31)25-18-6-4-3-5-7-18/h3-11,16,20H,12-15H2,1-2H3,(H2,24,26,30)(H2,25,27,31). The number of hydrogen-bond donors (Lipinski definition) is 4. The van der Waals surface area contributed by atoms with E-state index in [1.165, 1.54) is 0 Å². The van der Waals surface area contributed by atoms with Gasteiger partial charge in [-0.2, -0.15) is 0 Å². The van der Waals surface area contributed by atoms with Crippen molar-refractivity contribution in [2.45, 2.75) is 38.8 Å². The molecule has 8 heteroatoms. The van der Waals surface area contributed by atoms with Crippen LogP contribution >= 0.6 is 0 Å². The summed E-state index contributed by atoms with van der Waals surface area (Å²) in [6, 6.07) is 15.7. The number of urea groups is 2. The van der Waals surface area contributed by atoms with Crippen molar-refractivity contribution in [3.8, 4) is 0 Å². The fraction of sp³-hybridized carbons (Fsp3) is 0.348.